The van der Waals surface area contributed by atoms with Crippen molar-refractivity contribution in [2.24, 2.45) is 0 Å². The van der Waals surface area contributed by atoms with Crippen LogP contribution in [0.25, 0.3) is 0 Å². The number of aliphatic hydroxyl groups excluding tert-OH is 1. The molecule has 4 nitrogen and oxygen atoms in total. The molecule has 0 rings (SSSR count). The minimum atomic E-state index is -2.86. The summed E-state index contributed by atoms with van der Waals surface area (Å²) in [5.41, 5.74) is 0. The largest absolute Gasteiger partial charge is 0.394 e. The molecule has 2 atom stereocenters. The molecule has 0 aliphatic rings. The summed E-state index contributed by atoms with van der Waals surface area (Å²) in [4.78, 5) is 8.07. The Morgan fingerprint density at radius 3 is 2.50 bits per heavy atom. The second kappa shape index (κ2) is 4.09. The molecule has 8 heavy (non-hydrogen) atoms. The van der Waals surface area contributed by atoms with E-state index in [0.717, 1.165) is 0 Å². The molecule has 0 radical (unpaired) electrons. The first-order valence-electron chi connectivity index (χ1n) is 2.17. The molecule has 0 aromatic rings. The van der Waals surface area contributed by atoms with Crippen LogP contribution in [0.5, 0.6) is 0 Å². The van der Waals surface area contributed by atoms with Gasteiger partial charge in [0.1, 0.15) is 7.85 Å². The molecule has 0 aliphatic carbocycles. The normalized spacial score (nSPS) is 17.8. The average molecular weight is 138 g/mol. The number of hydrogen-bond donors (Lipinski definition) is 2. The summed E-state index contributed by atoms with van der Waals surface area (Å²) >= 11 is 0. The Bertz CT molecular complexity index is 86.1. The van der Waals surface area contributed by atoms with E-state index in [1.165, 1.54) is 7.85 Å². The first kappa shape index (κ1) is 8.17. The Balaban J connectivity index is 3.24. The molecular formula is C2H8BO4P. The van der Waals surface area contributed by atoms with Crippen molar-refractivity contribution in [3.05, 3.63) is 0 Å². The molecule has 0 amide bonds. The predicted molar refractivity (Wildman–Crippen MR) is 31.7 cm³/mol. The fraction of sp³-hybridized carbons (Fsp3) is 1.00. The highest BCUT2D eigenvalue weighted by molar-refractivity contribution is 7.32. The van der Waals surface area contributed by atoms with Crippen molar-refractivity contribution in [2.75, 3.05) is 6.61 Å². The number of aliphatic hydroxyl groups is 1. The fourth-order valence-electron chi connectivity index (χ4n) is 0.209. The second-order valence-corrected chi connectivity index (χ2v) is 2.14. The van der Waals surface area contributed by atoms with Crippen molar-refractivity contribution < 1.29 is 19.1 Å². The van der Waals surface area contributed by atoms with Gasteiger partial charge in [-0.05, 0) is 0 Å². The SMILES string of the molecule is BC(CO)O[PH](=O)O. The zero-order valence-corrected chi connectivity index (χ0v) is 5.50. The van der Waals surface area contributed by atoms with Crippen LogP contribution in [0, 0.1) is 0 Å². The summed E-state index contributed by atoms with van der Waals surface area (Å²) in [7, 11) is -1.34. The summed E-state index contributed by atoms with van der Waals surface area (Å²) < 4.78 is 14.1. The maximum absolute atomic E-state index is 9.82. The third kappa shape index (κ3) is 4.34. The van der Waals surface area contributed by atoms with Crippen molar-refractivity contribution in [1.82, 2.24) is 0 Å². The third-order valence-corrected chi connectivity index (χ3v) is 1.16. The van der Waals surface area contributed by atoms with E-state index >= 15 is 0 Å². The van der Waals surface area contributed by atoms with Crippen molar-refractivity contribution >= 4 is 16.1 Å². The Labute approximate surface area is 48.8 Å². The van der Waals surface area contributed by atoms with Crippen molar-refractivity contribution in [3.8, 4) is 0 Å². The lowest BCUT2D eigenvalue weighted by molar-refractivity contribution is 0.165. The molecule has 0 fully saturated rings. The monoisotopic (exact) mass is 138 g/mol. The van der Waals surface area contributed by atoms with Gasteiger partial charge in [-0.2, -0.15) is 0 Å². The van der Waals surface area contributed by atoms with Gasteiger partial charge in [-0.25, -0.2) is 0 Å². The Hall–Kier alpha value is 0.175. The highest BCUT2D eigenvalue weighted by atomic mass is 31.1. The number of rotatable bonds is 3. The minimum Gasteiger partial charge on any atom is -0.394 e. The molecule has 0 aromatic carbocycles. The van der Waals surface area contributed by atoms with E-state index in [2.05, 4.69) is 4.52 Å². The number of hydrogen-bond acceptors (Lipinski definition) is 3. The van der Waals surface area contributed by atoms with Crippen molar-refractivity contribution in [1.29, 1.82) is 0 Å². The van der Waals surface area contributed by atoms with Gasteiger partial charge in [0.25, 0.3) is 0 Å². The molecule has 0 bridgehead atoms. The lowest BCUT2D eigenvalue weighted by Crippen LogP contribution is -2.13. The molecule has 0 saturated heterocycles. The van der Waals surface area contributed by atoms with Crippen LogP contribution in [0.15, 0.2) is 0 Å². The standard InChI is InChI=1S/C2H8BO4P/c3-2(1-4)7-8(5)6/h2,4,8H,1,3H2,(H,5,6). The molecule has 0 aliphatic heterocycles. The maximum Gasteiger partial charge on any atom is 0.316 e. The van der Waals surface area contributed by atoms with Crippen LogP contribution in [0.2, 0.25) is 0 Å². The van der Waals surface area contributed by atoms with Gasteiger partial charge in [-0.15, -0.1) is 0 Å². The molecular weight excluding hydrogens is 130 g/mol. The first-order valence-corrected chi connectivity index (χ1v) is 3.43. The second-order valence-electron chi connectivity index (χ2n) is 1.38. The molecule has 2 unspecified atom stereocenters. The van der Waals surface area contributed by atoms with Gasteiger partial charge < -0.3 is 14.5 Å². The summed E-state index contributed by atoms with van der Waals surface area (Å²) in [6.07, 6.45) is 0. The van der Waals surface area contributed by atoms with Crippen molar-refractivity contribution in [3.63, 3.8) is 0 Å². The highest BCUT2D eigenvalue weighted by Gasteiger charge is 2.00. The van der Waals surface area contributed by atoms with E-state index in [0.29, 0.717) is 0 Å². The van der Waals surface area contributed by atoms with Gasteiger partial charge in [0.15, 0.2) is 0 Å². The topological polar surface area (TPSA) is 66.8 Å². The zero-order chi connectivity index (χ0) is 6.57. The van der Waals surface area contributed by atoms with Crippen LogP contribution < -0.4 is 0 Å². The fourth-order valence-corrected chi connectivity index (χ4v) is 0.628. The minimum absolute atomic E-state index is 0.225. The first-order chi connectivity index (χ1) is 3.66. The highest BCUT2D eigenvalue weighted by Crippen LogP contribution is 2.15. The molecule has 6 heteroatoms. The van der Waals surface area contributed by atoms with Crippen LogP contribution in [0.3, 0.4) is 0 Å². The molecule has 48 valence electrons. The summed E-state index contributed by atoms with van der Waals surface area (Å²) in [5, 5.41) is 8.22. The van der Waals surface area contributed by atoms with E-state index in [9.17, 15) is 4.57 Å². The van der Waals surface area contributed by atoms with Gasteiger partial charge in [-0.3, -0.25) is 4.57 Å². The quantitative estimate of drug-likeness (QED) is 0.361. The van der Waals surface area contributed by atoms with E-state index in [-0.39, 0.29) is 6.61 Å². The van der Waals surface area contributed by atoms with Crippen LogP contribution in [-0.4, -0.2) is 30.5 Å². The smallest absolute Gasteiger partial charge is 0.316 e. The third-order valence-electron chi connectivity index (χ3n) is 0.559. The molecule has 0 heterocycles. The van der Waals surface area contributed by atoms with Crippen LogP contribution in [0.1, 0.15) is 0 Å². The van der Waals surface area contributed by atoms with Gasteiger partial charge in [-0.1, -0.05) is 0 Å². The van der Waals surface area contributed by atoms with E-state index in [1.807, 2.05) is 0 Å². The van der Waals surface area contributed by atoms with E-state index in [4.69, 9.17) is 10.00 Å². The van der Waals surface area contributed by atoms with Crippen LogP contribution >= 0.6 is 8.25 Å². The molecule has 2 N–H and O–H groups in total. The average Bonchev–Trinajstić information content (AvgIpc) is 1.65. The summed E-state index contributed by atoms with van der Waals surface area (Å²) in [6.45, 7) is -0.225. The Kier molecular flexibility index (Phi) is 4.18. The van der Waals surface area contributed by atoms with Gasteiger partial charge >= 0.3 is 8.25 Å². The zero-order valence-electron chi connectivity index (χ0n) is 4.50. The molecule has 0 saturated carbocycles. The molecule has 0 spiro atoms. The van der Waals surface area contributed by atoms with E-state index < -0.39 is 14.3 Å². The Morgan fingerprint density at radius 2 is 2.38 bits per heavy atom. The van der Waals surface area contributed by atoms with Gasteiger partial charge in [0.05, 0.1) is 12.6 Å². The Morgan fingerprint density at radius 1 is 1.88 bits per heavy atom. The summed E-state index contributed by atoms with van der Waals surface area (Å²) in [6, 6.07) is -0.536. The van der Waals surface area contributed by atoms with Crippen molar-refractivity contribution in [2.45, 2.75) is 6.00 Å². The van der Waals surface area contributed by atoms with Gasteiger partial charge in [0.2, 0.25) is 0 Å². The van der Waals surface area contributed by atoms with Gasteiger partial charge in [0, 0.05) is 0 Å². The van der Waals surface area contributed by atoms with E-state index in [1.54, 1.807) is 0 Å². The summed E-state index contributed by atoms with van der Waals surface area (Å²) in [5.74, 6) is 0. The molecule has 0 aromatic heterocycles. The maximum atomic E-state index is 9.82. The van der Waals surface area contributed by atoms with Crippen LogP contribution in [0.4, 0.5) is 0 Å². The lowest BCUT2D eigenvalue weighted by Gasteiger charge is -2.03. The van der Waals surface area contributed by atoms with Crippen LogP contribution in [-0.2, 0) is 9.09 Å². The predicted octanol–water partition coefficient (Wildman–Crippen LogP) is -1.66. The lowest BCUT2D eigenvalue weighted by atomic mass is 10.0.